The van der Waals surface area contributed by atoms with Crippen LogP contribution in [-0.4, -0.2) is 51.3 Å². The van der Waals surface area contributed by atoms with Crippen molar-refractivity contribution in [1.29, 1.82) is 0 Å². The lowest BCUT2D eigenvalue weighted by Crippen LogP contribution is -2.52. The van der Waals surface area contributed by atoms with E-state index in [1.807, 2.05) is 33.7 Å². The molecule has 0 radical (unpaired) electrons. The maximum Gasteiger partial charge on any atom is 0.318 e. The van der Waals surface area contributed by atoms with Crippen molar-refractivity contribution in [3.8, 4) is 0 Å². The van der Waals surface area contributed by atoms with E-state index in [9.17, 15) is 4.79 Å². The number of nitrogens with zero attached hydrogens (tertiary/aromatic N) is 4. The third kappa shape index (κ3) is 3.61. The molecule has 2 amide bonds. The van der Waals surface area contributed by atoms with Crippen LogP contribution in [0.1, 0.15) is 26.1 Å². The molecule has 1 atom stereocenters. The summed E-state index contributed by atoms with van der Waals surface area (Å²) in [4.78, 5) is 14.4. The van der Waals surface area contributed by atoms with E-state index in [1.165, 1.54) is 0 Å². The molecule has 1 N–H and O–H groups in total. The van der Waals surface area contributed by atoms with Gasteiger partial charge in [-0.15, -0.1) is 10.2 Å². The Bertz CT molecular complexity index is 669. The Labute approximate surface area is 135 Å². The average Bonchev–Trinajstić information content (AvgIpc) is 2.96. The number of fused-ring (bicyclic) bond motifs is 1. The molecule has 0 aliphatic carbocycles. The topological polar surface area (TPSA) is 71.8 Å². The molecule has 2 aromatic heterocycles. The first kappa shape index (κ1) is 15.7. The minimum atomic E-state index is -0.0633. The van der Waals surface area contributed by atoms with E-state index in [2.05, 4.69) is 29.4 Å². The molecule has 0 saturated carbocycles. The minimum absolute atomic E-state index is 0.0633. The number of amides is 2. The number of carbonyl (C=O) groups is 1. The van der Waals surface area contributed by atoms with Gasteiger partial charge in [0, 0.05) is 12.7 Å². The molecule has 2 aromatic rings. The van der Waals surface area contributed by atoms with Crippen molar-refractivity contribution in [2.75, 3.05) is 19.8 Å². The van der Waals surface area contributed by atoms with Crippen molar-refractivity contribution in [2.24, 2.45) is 5.92 Å². The second kappa shape index (κ2) is 6.95. The summed E-state index contributed by atoms with van der Waals surface area (Å²) in [5.41, 5.74) is 0.779. The third-order valence-corrected chi connectivity index (χ3v) is 4.01. The molecule has 7 heteroatoms. The van der Waals surface area contributed by atoms with E-state index >= 15 is 0 Å². The fourth-order valence-corrected chi connectivity index (χ4v) is 2.93. The third-order valence-electron chi connectivity index (χ3n) is 4.01. The molecule has 1 fully saturated rings. The van der Waals surface area contributed by atoms with Crippen LogP contribution in [0.4, 0.5) is 4.79 Å². The van der Waals surface area contributed by atoms with E-state index in [0.29, 0.717) is 32.2 Å². The molecule has 124 valence electrons. The first-order valence-electron chi connectivity index (χ1n) is 8.06. The SMILES string of the molecule is CC(C)C[C@@H]1COCCN1C(=O)NCc1nnc2ccccn12. The van der Waals surface area contributed by atoms with Gasteiger partial charge in [0.25, 0.3) is 0 Å². The summed E-state index contributed by atoms with van der Waals surface area (Å²) in [7, 11) is 0. The van der Waals surface area contributed by atoms with E-state index in [1.54, 1.807) is 0 Å². The largest absolute Gasteiger partial charge is 0.377 e. The highest BCUT2D eigenvalue weighted by atomic mass is 16.5. The van der Waals surface area contributed by atoms with Crippen LogP contribution in [-0.2, 0) is 11.3 Å². The number of morpholine rings is 1. The van der Waals surface area contributed by atoms with E-state index in [4.69, 9.17) is 4.74 Å². The Balaban J connectivity index is 1.63. The molecule has 1 saturated heterocycles. The lowest BCUT2D eigenvalue weighted by Gasteiger charge is -2.36. The van der Waals surface area contributed by atoms with Crippen LogP contribution in [0.25, 0.3) is 5.65 Å². The van der Waals surface area contributed by atoms with Gasteiger partial charge in [-0.3, -0.25) is 4.40 Å². The quantitative estimate of drug-likeness (QED) is 0.931. The van der Waals surface area contributed by atoms with Crippen molar-refractivity contribution >= 4 is 11.7 Å². The molecule has 0 unspecified atom stereocenters. The number of ether oxygens (including phenoxy) is 1. The molecule has 0 spiro atoms. The van der Waals surface area contributed by atoms with Gasteiger partial charge in [-0.25, -0.2) is 4.79 Å². The fourth-order valence-electron chi connectivity index (χ4n) is 2.93. The molecular weight excluding hydrogens is 294 g/mol. The van der Waals surface area contributed by atoms with Crippen LogP contribution in [0.2, 0.25) is 0 Å². The van der Waals surface area contributed by atoms with E-state index in [0.717, 1.165) is 17.9 Å². The molecule has 0 bridgehead atoms. The zero-order chi connectivity index (χ0) is 16.2. The lowest BCUT2D eigenvalue weighted by molar-refractivity contribution is 0.00547. The Morgan fingerprint density at radius 1 is 1.43 bits per heavy atom. The summed E-state index contributed by atoms with van der Waals surface area (Å²) in [5.74, 6) is 1.25. The molecule has 3 heterocycles. The standard InChI is InChI=1S/C16H23N5O2/c1-12(2)9-13-11-23-8-7-20(13)16(22)17-10-15-19-18-14-5-3-4-6-21(14)15/h3-6,12-13H,7-11H2,1-2H3,(H,17,22)/t13-/m1/s1. The zero-order valence-electron chi connectivity index (χ0n) is 13.6. The van der Waals surface area contributed by atoms with Crippen molar-refractivity contribution < 1.29 is 9.53 Å². The fraction of sp³-hybridized carbons (Fsp3) is 0.562. The summed E-state index contributed by atoms with van der Waals surface area (Å²) in [5, 5.41) is 11.2. The summed E-state index contributed by atoms with van der Waals surface area (Å²) in [6.07, 6.45) is 2.84. The van der Waals surface area contributed by atoms with Gasteiger partial charge in [0.15, 0.2) is 11.5 Å². The van der Waals surface area contributed by atoms with Crippen LogP contribution >= 0.6 is 0 Å². The second-order valence-electron chi connectivity index (χ2n) is 6.26. The Morgan fingerprint density at radius 2 is 2.30 bits per heavy atom. The number of carbonyl (C=O) groups excluding carboxylic acids is 1. The molecule has 23 heavy (non-hydrogen) atoms. The summed E-state index contributed by atoms with van der Waals surface area (Å²) >= 11 is 0. The minimum Gasteiger partial charge on any atom is -0.377 e. The Hall–Kier alpha value is -2.15. The maximum atomic E-state index is 12.5. The number of urea groups is 1. The number of hydrogen-bond acceptors (Lipinski definition) is 4. The number of nitrogens with one attached hydrogen (secondary N) is 1. The van der Waals surface area contributed by atoms with Crippen LogP contribution < -0.4 is 5.32 Å². The maximum absolute atomic E-state index is 12.5. The van der Waals surface area contributed by atoms with E-state index < -0.39 is 0 Å². The monoisotopic (exact) mass is 317 g/mol. The smallest absolute Gasteiger partial charge is 0.318 e. The Morgan fingerprint density at radius 3 is 3.13 bits per heavy atom. The number of aromatic nitrogens is 3. The summed E-state index contributed by atoms with van der Waals surface area (Å²) < 4.78 is 7.40. The molecule has 0 aromatic carbocycles. The van der Waals surface area contributed by atoms with Gasteiger partial charge in [0.05, 0.1) is 25.8 Å². The van der Waals surface area contributed by atoms with Crippen molar-refractivity contribution in [1.82, 2.24) is 24.8 Å². The zero-order valence-corrected chi connectivity index (χ0v) is 13.6. The van der Waals surface area contributed by atoms with Gasteiger partial charge < -0.3 is 15.0 Å². The van der Waals surface area contributed by atoms with Gasteiger partial charge in [0.2, 0.25) is 0 Å². The van der Waals surface area contributed by atoms with Gasteiger partial charge >= 0.3 is 6.03 Å². The van der Waals surface area contributed by atoms with Crippen molar-refractivity contribution in [2.45, 2.75) is 32.9 Å². The predicted molar refractivity (Wildman–Crippen MR) is 86.0 cm³/mol. The highest BCUT2D eigenvalue weighted by Crippen LogP contribution is 2.16. The molecule has 1 aliphatic rings. The van der Waals surface area contributed by atoms with Crippen LogP contribution in [0.15, 0.2) is 24.4 Å². The van der Waals surface area contributed by atoms with Gasteiger partial charge in [-0.1, -0.05) is 19.9 Å². The average molecular weight is 317 g/mol. The first-order chi connectivity index (χ1) is 11.1. The molecule has 1 aliphatic heterocycles. The normalized spacial score (nSPS) is 18.6. The van der Waals surface area contributed by atoms with Crippen LogP contribution in [0.5, 0.6) is 0 Å². The van der Waals surface area contributed by atoms with E-state index in [-0.39, 0.29) is 12.1 Å². The summed E-state index contributed by atoms with van der Waals surface area (Å²) in [6.45, 7) is 6.51. The number of hydrogen-bond donors (Lipinski definition) is 1. The van der Waals surface area contributed by atoms with Crippen molar-refractivity contribution in [3.63, 3.8) is 0 Å². The number of rotatable bonds is 4. The van der Waals surface area contributed by atoms with Gasteiger partial charge in [-0.2, -0.15) is 0 Å². The molecule has 3 rings (SSSR count). The van der Waals surface area contributed by atoms with Gasteiger partial charge in [0.1, 0.15) is 0 Å². The molecular formula is C16H23N5O2. The highest BCUT2D eigenvalue weighted by Gasteiger charge is 2.27. The number of pyridine rings is 1. The van der Waals surface area contributed by atoms with Gasteiger partial charge in [-0.05, 0) is 24.5 Å². The Kier molecular flexibility index (Phi) is 4.76. The molecule has 7 nitrogen and oxygen atoms in total. The lowest BCUT2D eigenvalue weighted by atomic mass is 10.0. The predicted octanol–water partition coefficient (Wildman–Crippen LogP) is 1.69. The second-order valence-corrected chi connectivity index (χ2v) is 6.26. The summed E-state index contributed by atoms with van der Waals surface area (Å²) in [6, 6.07) is 5.79. The van der Waals surface area contributed by atoms with Crippen LogP contribution in [0.3, 0.4) is 0 Å². The van der Waals surface area contributed by atoms with Crippen molar-refractivity contribution in [3.05, 3.63) is 30.2 Å². The van der Waals surface area contributed by atoms with Crippen LogP contribution in [0, 0.1) is 5.92 Å². The first-order valence-corrected chi connectivity index (χ1v) is 8.06. The highest BCUT2D eigenvalue weighted by molar-refractivity contribution is 5.74.